The van der Waals surface area contributed by atoms with Gasteiger partial charge < -0.3 is 30.4 Å². The van der Waals surface area contributed by atoms with Crippen molar-refractivity contribution in [3.63, 3.8) is 0 Å². The lowest BCUT2D eigenvalue weighted by Gasteiger charge is -2.34. The summed E-state index contributed by atoms with van der Waals surface area (Å²) < 4.78 is 0. The van der Waals surface area contributed by atoms with Gasteiger partial charge in [-0.3, -0.25) is 10.1 Å². The summed E-state index contributed by atoms with van der Waals surface area (Å²) in [6.07, 6.45) is 0. The van der Waals surface area contributed by atoms with Crippen LogP contribution >= 0.6 is 0 Å². The minimum Gasteiger partial charge on any atom is -0.400 e. The molecule has 0 unspecified atom stereocenters. The van der Waals surface area contributed by atoms with Gasteiger partial charge in [0.2, 0.25) is 0 Å². The van der Waals surface area contributed by atoms with Crippen molar-refractivity contribution in [1.82, 2.24) is 9.80 Å². The van der Waals surface area contributed by atoms with Crippen LogP contribution in [0.2, 0.25) is 0 Å². The molecule has 176 valence electrons. The number of non-ortho nitro benzene ring substituents is 1. The predicted molar refractivity (Wildman–Crippen MR) is 132 cm³/mol. The quantitative estimate of drug-likeness (QED) is 0.421. The first-order valence-electron chi connectivity index (χ1n) is 10.8. The molecule has 2 heterocycles. The Kier molecular flexibility index (Phi) is 10.2. The Morgan fingerprint density at radius 2 is 1.06 bits per heavy atom. The largest absolute Gasteiger partial charge is 0.400 e. The van der Waals surface area contributed by atoms with Crippen LogP contribution in [0.25, 0.3) is 0 Å². The molecule has 0 saturated carbocycles. The Morgan fingerprint density at radius 3 is 1.41 bits per heavy atom. The topological polar surface area (TPSA) is 102 Å². The number of likely N-dealkylation sites (N-methyl/N-ethyl adjacent to an activating group) is 2. The summed E-state index contributed by atoms with van der Waals surface area (Å²) in [6.45, 7) is 8.55. The van der Waals surface area contributed by atoms with Gasteiger partial charge in [-0.15, -0.1) is 0 Å². The molecule has 0 aromatic heterocycles. The molecule has 0 bridgehead atoms. The third-order valence-corrected chi connectivity index (χ3v) is 5.69. The second-order valence-electron chi connectivity index (χ2n) is 7.95. The summed E-state index contributed by atoms with van der Waals surface area (Å²) in [7, 11) is 5.27. The van der Waals surface area contributed by atoms with Crippen LogP contribution in [0.5, 0.6) is 0 Å². The second kappa shape index (κ2) is 12.8. The van der Waals surface area contributed by atoms with Crippen molar-refractivity contribution in [2.24, 2.45) is 0 Å². The van der Waals surface area contributed by atoms with Crippen LogP contribution in [0, 0.1) is 10.1 Å². The van der Waals surface area contributed by atoms with Crippen LogP contribution in [0.3, 0.4) is 0 Å². The molecule has 2 aliphatic rings. The van der Waals surface area contributed by atoms with Crippen molar-refractivity contribution in [3.05, 3.63) is 58.6 Å². The molecule has 0 aliphatic carbocycles. The van der Waals surface area contributed by atoms with E-state index in [0.717, 1.165) is 70.8 Å². The number of anilines is 3. The highest BCUT2D eigenvalue weighted by molar-refractivity contribution is 5.53. The fourth-order valence-electron chi connectivity index (χ4n) is 3.60. The van der Waals surface area contributed by atoms with Gasteiger partial charge in [0, 0.05) is 88.7 Å². The Morgan fingerprint density at radius 1 is 0.719 bits per heavy atom. The number of nitro benzene ring substituents is 1. The Balaban J connectivity index is 0.000000212. The summed E-state index contributed by atoms with van der Waals surface area (Å²) in [5.41, 5.74) is 8.99. The van der Waals surface area contributed by atoms with Gasteiger partial charge in [-0.05, 0) is 50.5 Å². The zero-order valence-electron chi connectivity index (χ0n) is 19.4. The van der Waals surface area contributed by atoms with Crippen LogP contribution in [0.1, 0.15) is 0 Å². The number of nitro groups is 1. The maximum Gasteiger partial charge on any atom is 0.269 e. The molecule has 0 spiro atoms. The van der Waals surface area contributed by atoms with Crippen LogP contribution in [0.4, 0.5) is 22.7 Å². The lowest BCUT2D eigenvalue weighted by atomic mass is 10.2. The lowest BCUT2D eigenvalue weighted by molar-refractivity contribution is -0.384. The maximum atomic E-state index is 10.5. The van der Waals surface area contributed by atoms with Gasteiger partial charge in [-0.2, -0.15) is 0 Å². The molecule has 2 saturated heterocycles. The fraction of sp³-hybridized carbons (Fsp3) is 0.478. The van der Waals surface area contributed by atoms with Gasteiger partial charge in [0.05, 0.1) is 4.92 Å². The molecule has 0 atom stereocenters. The van der Waals surface area contributed by atoms with Crippen molar-refractivity contribution < 1.29 is 10.0 Å². The standard InChI is InChI=1S/C11H15N3O2.C11H17N3.CH4O/c1-12-6-8-13(9-7-12)10-2-4-11(5-3-10)14(15)16;1-13-6-8-14(9-7-13)11-4-2-10(12)3-5-11;1-2/h2-5H,6-9H2,1H3;2-5H,6-9,12H2,1H3;2H,1H3. The third kappa shape index (κ3) is 7.67. The van der Waals surface area contributed by atoms with Crippen molar-refractivity contribution in [2.75, 3.05) is 89.1 Å². The Hall–Kier alpha value is -2.88. The van der Waals surface area contributed by atoms with Gasteiger partial charge in [0.25, 0.3) is 5.69 Å². The molecule has 9 heteroatoms. The first-order chi connectivity index (χ1) is 15.4. The molecular weight excluding hydrogens is 408 g/mol. The highest BCUT2D eigenvalue weighted by atomic mass is 16.6. The van der Waals surface area contributed by atoms with Crippen LogP contribution < -0.4 is 15.5 Å². The monoisotopic (exact) mass is 444 g/mol. The zero-order valence-corrected chi connectivity index (χ0v) is 19.4. The van der Waals surface area contributed by atoms with E-state index in [0.29, 0.717) is 0 Å². The number of aliphatic hydroxyl groups is 1. The summed E-state index contributed by atoms with van der Waals surface area (Å²) in [5.74, 6) is 0. The molecule has 0 amide bonds. The number of aliphatic hydroxyl groups excluding tert-OH is 1. The number of nitrogen functional groups attached to an aromatic ring is 1. The molecule has 2 fully saturated rings. The summed E-state index contributed by atoms with van der Waals surface area (Å²) in [6, 6.07) is 14.9. The lowest BCUT2D eigenvalue weighted by Crippen LogP contribution is -2.44. The van der Waals surface area contributed by atoms with E-state index in [2.05, 4.69) is 45.8 Å². The number of benzene rings is 2. The average molecular weight is 445 g/mol. The van der Waals surface area contributed by atoms with Gasteiger partial charge >= 0.3 is 0 Å². The van der Waals surface area contributed by atoms with Crippen LogP contribution in [-0.4, -0.2) is 93.4 Å². The average Bonchev–Trinajstić information content (AvgIpc) is 2.82. The van der Waals surface area contributed by atoms with E-state index in [9.17, 15) is 10.1 Å². The van der Waals surface area contributed by atoms with Crippen molar-refractivity contribution in [1.29, 1.82) is 0 Å². The zero-order chi connectivity index (χ0) is 23.5. The summed E-state index contributed by atoms with van der Waals surface area (Å²) in [4.78, 5) is 19.4. The van der Waals surface area contributed by atoms with E-state index in [1.807, 2.05) is 24.3 Å². The van der Waals surface area contributed by atoms with E-state index in [4.69, 9.17) is 10.8 Å². The fourth-order valence-corrected chi connectivity index (χ4v) is 3.60. The van der Waals surface area contributed by atoms with Crippen molar-refractivity contribution in [3.8, 4) is 0 Å². The second-order valence-corrected chi connectivity index (χ2v) is 7.95. The Labute approximate surface area is 190 Å². The molecule has 32 heavy (non-hydrogen) atoms. The predicted octanol–water partition coefficient (Wildman–Crippen LogP) is 1.98. The molecule has 9 nitrogen and oxygen atoms in total. The van der Waals surface area contributed by atoms with E-state index < -0.39 is 0 Å². The molecule has 0 radical (unpaired) electrons. The Bertz CT molecular complexity index is 799. The first kappa shape index (κ1) is 25.4. The number of nitrogens with zero attached hydrogens (tertiary/aromatic N) is 5. The van der Waals surface area contributed by atoms with Gasteiger partial charge in [0.1, 0.15) is 0 Å². The summed E-state index contributed by atoms with van der Waals surface area (Å²) >= 11 is 0. The molecular formula is C23H36N6O3. The smallest absolute Gasteiger partial charge is 0.269 e. The number of hydrogen-bond acceptors (Lipinski definition) is 8. The number of rotatable bonds is 3. The van der Waals surface area contributed by atoms with Crippen molar-refractivity contribution >= 4 is 22.7 Å². The first-order valence-corrected chi connectivity index (χ1v) is 10.8. The van der Waals surface area contributed by atoms with E-state index >= 15 is 0 Å². The van der Waals surface area contributed by atoms with E-state index in [1.165, 1.54) is 5.69 Å². The van der Waals surface area contributed by atoms with E-state index in [1.54, 1.807) is 12.1 Å². The molecule has 3 N–H and O–H groups in total. The highest BCUT2D eigenvalue weighted by Crippen LogP contribution is 2.20. The SMILES string of the molecule is CN1CCN(c2ccc(N)cc2)CC1.CN1CCN(c2ccc([N+](=O)[O-])cc2)CC1.CO. The molecule has 2 aliphatic heterocycles. The number of nitrogens with two attached hydrogens (primary N) is 1. The molecule has 4 rings (SSSR count). The van der Waals surface area contributed by atoms with Crippen molar-refractivity contribution in [2.45, 2.75) is 0 Å². The van der Waals surface area contributed by atoms with Crippen LogP contribution in [-0.2, 0) is 0 Å². The van der Waals surface area contributed by atoms with E-state index in [-0.39, 0.29) is 10.6 Å². The number of piperazine rings is 2. The molecule has 2 aromatic rings. The maximum absolute atomic E-state index is 10.5. The highest BCUT2D eigenvalue weighted by Gasteiger charge is 2.15. The van der Waals surface area contributed by atoms with Gasteiger partial charge in [-0.25, -0.2) is 0 Å². The van der Waals surface area contributed by atoms with Crippen LogP contribution in [0.15, 0.2) is 48.5 Å². The minimum absolute atomic E-state index is 0.151. The minimum atomic E-state index is -0.367. The van der Waals surface area contributed by atoms with Gasteiger partial charge in [-0.1, -0.05) is 0 Å². The summed E-state index contributed by atoms with van der Waals surface area (Å²) in [5, 5.41) is 17.5. The molecule has 2 aromatic carbocycles. The number of hydrogen-bond donors (Lipinski definition) is 2. The normalized spacial score (nSPS) is 17.0. The van der Waals surface area contributed by atoms with Gasteiger partial charge in [0.15, 0.2) is 0 Å². The third-order valence-electron chi connectivity index (χ3n) is 5.69.